The minimum Gasteiger partial charge on any atom is -0.355 e. The third kappa shape index (κ3) is 3.33. The molecule has 0 radical (unpaired) electrons. The number of hydrogen-bond donors (Lipinski definition) is 2. The molecule has 1 amide bonds. The smallest absolute Gasteiger partial charge is 0.257 e. The Morgan fingerprint density at radius 3 is 2.73 bits per heavy atom. The van der Waals surface area contributed by atoms with Gasteiger partial charge in [-0.25, -0.2) is 0 Å². The lowest BCUT2D eigenvalue weighted by Crippen LogP contribution is -2.51. The lowest BCUT2D eigenvalue weighted by atomic mass is 10.0. The fourth-order valence-corrected chi connectivity index (χ4v) is 2.28. The molecular formula is C16H20N4O2. The van der Waals surface area contributed by atoms with Crippen molar-refractivity contribution in [1.29, 1.82) is 0 Å². The van der Waals surface area contributed by atoms with E-state index < -0.39 is 0 Å². The normalized spacial score (nSPS) is 14.6. The molecule has 0 unspecified atom stereocenters. The van der Waals surface area contributed by atoms with Gasteiger partial charge in [0.05, 0.1) is 5.92 Å². The van der Waals surface area contributed by atoms with Crippen molar-refractivity contribution in [2.24, 2.45) is 5.92 Å². The second-order valence-corrected chi connectivity index (χ2v) is 5.46. The second kappa shape index (κ2) is 6.70. The number of hydrogen-bond acceptors (Lipinski definition) is 5. The molecule has 2 aromatic rings. The molecule has 0 bridgehead atoms. The molecule has 6 heteroatoms. The third-order valence-electron chi connectivity index (χ3n) is 3.85. The molecule has 1 aliphatic heterocycles. The first kappa shape index (κ1) is 14.7. The number of nitrogens with zero attached hydrogens (tertiary/aromatic N) is 2. The fourth-order valence-electron chi connectivity index (χ4n) is 2.28. The highest BCUT2D eigenvalue weighted by molar-refractivity contribution is 5.79. The number of carbonyl (C=O) groups is 1. The zero-order valence-electron chi connectivity index (χ0n) is 12.6. The van der Waals surface area contributed by atoms with Crippen LogP contribution in [0, 0.1) is 5.92 Å². The van der Waals surface area contributed by atoms with Gasteiger partial charge in [-0.1, -0.05) is 24.2 Å². The molecule has 0 aliphatic carbocycles. The molecule has 116 valence electrons. The summed E-state index contributed by atoms with van der Waals surface area (Å²) in [7, 11) is 0. The van der Waals surface area contributed by atoms with Gasteiger partial charge in [0.2, 0.25) is 5.91 Å². The van der Waals surface area contributed by atoms with Crippen molar-refractivity contribution in [3.05, 3.63) is 35.7 Å². The first-order valence-corrected chi connectivity index (χ1v) is 7.66. The van der Waals surface area contributed by atoms with E-state index in [-0.39, 0.29) is 11.8 Å². The quantitative estimate of drug-likeness (QED) is 0.837. The molecule has 22 heavy (non-hydrogen) atoms. The van der Waals surface area contributed by atoms with Crippen LogP contribution in [0.5, 0.6) is 0 Å². The Balaban J connectivity index is 1.51. The van der Waals surface area contributed by atoms with Crippen molar-refractivity contribution in [3.8, 4) is 11.5 Å². The average Bonchev–Trinajstić information content (AvgIpc) is 2.95. The summed E-state index contributed by atoms with van der Waals surface area (Å²) in [6, 6.07) is 8.00. The summed E-state index contributed by atoms with van der Waals surface area (Å²) >= 11 is 0. The van der Waals surface area contributed by atoms with E-state index >= 15 is 0 Å². The van der Waals surface area contributed by atoms with E-state index in [0.29, 0.717) is 18.3 Å². The van der Waals surface area contributed by atoms with Crippen LogP contribution in [0.4, 0.5) is 0 Å². The number of nitrogens with one attached hydrogen (secondary N) is 2. The molecule has 1 aromatic carbocycles. The van der Waals surface area contributed by atoms with Gasteiger partial charge in [0, 0.05) is 31.6 Å². The van der Waals surface area contributed by atoms with Crippen LogP contribution in [0.1, 0.15) is 18.3 Å². The predicted molar refractivity (Wildman–Crippen MR) is 82.2 cm³/mol. The van der Waals surface area contributed by atoms with Gasteiger partial charge in [-0.2, -0.15) is 4.98 Å². The molecule has 1 fully saturated rings. The van der Waals surface area contributed by atoms with E-state index in [1.807, 2.05) is 31.2 Å². The summed E-state index contributed by atoms with van der Waals surface area (Å²) in [6.45, 7) is 4.25. The standard InChI is InChI=1S/C16H20N4O2/c1-2-14-19-16(22-20-14)12-5-3-11(4-6-12)7-8-18-15(21)13-9-17-10-13/h3-6,13,17H,2,7-10H2,1H3,(H,18,21). The Hall–Kier alpha value is -2.21. The van der Waals surface area contributed by atoms with E-state index in [2.05, 4.69) is 20.8 Å². The van der Waals surface area contributed by atoms with E-state index in [0.717, 1.165) is 31.5 Å². The van der Waals surface area contributed by atoms with Crippen LogP contribution in [0.3, 0.4) is 0 Å². The molecule has 1 aliphatic rings. The SMILES string of the molecule is CCc1noc(-c2ccc(CCNC(=O)C3CNC3)cc2)n1. The van der Waals surface area contributed by atoms with E-state index in [9.17, 15) is 4.79 Å². The monoisotopic (exact) mass is 300 g/mol. The van der Waals surface area contributed by atoms with Gasteiger partial charge in [0.15, 0.2) is 5.82 Å². The van der Waals surface area contributed by atoms with Crippen molar-refractivity contribution in [1.82, 2.24) is 20.8 Å². The van der Waals surface area contributed by atoms with Gasteiger partial charge in [0.25, 0.3) is 5.89 Å². The Morgan fingerprint density at radius 1 is 1.36 bits per heavy atom. The van der Waals surface area contributed by atoms with Crippen LogP contribution >= 0.6 is 0 Å². The number of aryl methyl sites for hydroxylation is 1. The van der Waals surface area contributed by atoms with Crippen LogP contribution < -0.4 is 10.6 Å². The maximum Gasteiger partial charge on any atom is 0.257 e. The average molecular weight is 300 g/mol. The van der Waals surface area contributed by atoms with Crippen LogP contribution in [0.2, 0.25) is 0 Å². The molecule has 2 heterocycles. The fraction of sp³-hybridized carbons (Fsp3) is 0.438. The zero-order valence-corrected chi connectivity index (χ0v) is 12.6. The zero-order chi connectivity index (χ0) is 15.4. The van der Waals surface area contributed by atoms with Crippen molar-refractivity contribution in [2.45, 2.75) is 19.8 Å². The van der Waals surface area contributed by atoms with E-state index in [4.69, 9.17) is 4.52 Å². The van der Waals surface area contributed by atoms with Crippen LogP contribution in [-0.4, -0.2) is 35.7 Å². The molecule has 2 N–H and O–H groups in total. The highest BCUT2D eigenvalue weighted by Gasteiger charge is 2.24. The lowest BCUT2D eigenvalue weighted by molar-refractivity contribution is -0.126. The summed E-state index contributed by atoms with van der Waals surface area (Å²) in [5, 5.41) is 9.96. The molecule has 3 rings (SSSR count). The van der Waals surface area contributed by atoms with Gasteiger partial charge < -0.3 is 15.2 Å². The third-order valence-corrected chi connectivity index (χ3v) is 3.85. The number of benzene rings is 1. The minimum absolute atomic E-state index is 0.146. The minimum atomic E-state index is 0.146. The van der Waals surface area contributed by atoms with Crippen LogP contribution in [-0.2, 0) is 17.6 Å². The highest BCUT2D eigenvalue weighted by atomic mass is 16.5. The molecule has 6 nitrogen and oxygen atoms in total. The van der Waals surface area contributed by atoms with E-state index in [1.54, 1.807) is 0 Å². The molecule has 1 aromatic heterocycles. The summed E-state index contributed by atoms with van der Waals surface area (Å²) in [5.41, 5.74) is 2.09. The largest absolute Gasteiger partial charge is 0.355 e. The Labute approximate surface area is 129 Å². The Morgan fingerprint density at radius 2 is 2.14 bits per heavy atom. The van der Waals surface area contributed by atoms with E-state index in [1.165, 1.54) is 5.56 Å². The van der Waals surface area contributed by atoms with Crippen molar-refractivity contribution >= 4 is 5.91 Å². The van der Waals surface area contributed by atoms with Gasteiger partial charge in [0.1, 0.15) is 0 Å². The lowest BCUT2D eigenvalue weighted by Gasteiger charge is -2.25. The first-order chi connectivity index (χ1) is 10.8. The van der Waals surface area contributed by atoms with Crippen molar-refractivity contribution < 1.29 is 9.32 Å². The van der Waals surface area contributed by atoms with Crippen molar-refractivity contribution in [2.75, 3.05) is 19.6 Å². The number of aromatic nitrogens is 2. The highest BCUT2D eigenvalue weighted by Crippen LogP contribution is 2.18. The summed E-state index contributed by atoms with van der Waals surface area (Å²) < 4.78 is 5.22. The van der Waals surface area contributed by atoms with Crippen LogP contribution in [0.25, 0.3) is 11.5 Å². The number of amides is 1. The first-order valence-electron chi connectivity index (χ1n) is 7.66. The Kier molecular flexibility index (Phi) is 4.48. The summed E-state index contributed by atoms with van der Waals surface area (Å²) in [5.74, 6) is 1.56. The Bertz CT molecular complexity index is 632. The molecule has 0 atom stereocenters. The van der Waals surface area contributed by atoms with Gasteiger partial charge in [-0.3, -0.25) is 4.79 Å². The molecular weight excluding hydrogens is 280 g/mol. The summed E-state index contributed by atoms with van der Waals surface area (Å²) in [4.78, 5) is 16.0. The van der Waals surface area contributed by atoms with Crippen molar-refractivity contribution in [3.63, 3.8) is 0 Å². The second-order valence-electron chi connectivity index (χ2n) is 5.46. The van der Waals surface area contributed by atoms with Gasteiger partial charge >= 0.3 is 0 Å². The number of rotatable bonds is 6. The maximum atomic E-state index is 11.7. The predicted octanol–water partition coefficient (Wildman–Crippen LogP) is 1.18. The molecule has 0 spiro atoms. The maximum absolute atomic E-state index is 11.7. The summed E-state index contributed by atoms with van der Waals surface area (Å²) in [6.07, 6.45) is 1.58. The topological polar surface area (TPSA) is 80.0 Å². The molecule has 0 saturated carbocycles. The number of carbonyl (C=O) groups excluding carboxylic acids is 1. The van der Waals surface area contributed by atoms with Crippen LogP contribution in [0.15, 0.2) is 28.8 Å². The van der Waals surface area contributed by atoms with Gasteiger partial charge in [-0.05, 0) is 24.1 Å². The molecule has 1 saturated heterocycles. The van der Waals surface area contributed by atoms with Gasteiger partial charge in [-0.15, -0.1) is 0 Å².